The van der Waals surface area contributed by atoms with Crippen molar-refractivity contribution in [3.8, 4) is 0 Å². The highest BCUT2D eigenvalue weighted by Gasteiger charge is 2.24. The number of carbonyl (C=O) groups excluding carboxylic acids is 1. The SMILES string of the molecule is CCOC(=O)c1sc(/C=C/c2ccc([N+](=O)[O-])o2)[n+]([O-])c1C. The van der Waals surface area contributed by atoms with Crippen LogP contribution in [0.3, 0.4) is 0 Å². The van der Waals surface area contributed by atoms with Crippen molar-refractivity contribution in [2.45, 2.75) is 13.8 Å². The summed E-state index contributed by atoms with van der Waals surface area (Å²) in [6.07, 6.45) is 2.84. The topological polar surface area (TPSA) is 110 Å². The van der Waals surface area contributed by atoms with Crippen molar-refractivity contribution in [1.82, 2.24) is 0 Å². The number of ether oxygens (including phenoxy) is 1. The van der Waals surface area contributed by atoms with E-state index in [4.69, 9.17) is 9.15 Å². The molecule has 0 saturated heterocycles. The van der Waals surface area contributed by atoms with Crippen molar-refractivity contribution in [2.24, 2.45) is 0 Å². The fourth-order valence-corrected chi connectivity index (χ4v) is 2.59. The minimum atomic E-state index is -0.654. The first-order valence-electron chi connectivity index (χ1n) is 6.26. The van der Waals surface area contributed by atoms with Crippen molar-refractivity contribution in [3.63, 3.8) is 0 Å². The molecule has 22 heavy (non-hydrogen) atoms. The Morgan fingerprint density at radius 1 is 1.50 bits per heavy atom. The molecule has 0 aliphatic carbocycles. The summed E-state index contributed by atoms with van der Waals surface area (Å²) in [5, 5.41) is 22.7. The van der Waals surface area contributed by atoms with Gasteiger partial charge in [-0.3, -0.25) is 10.1 Å². The van der Waals surface area contributed by atoms with Crippen molar-refractivity contribution >= 4 is 35.3 Å². The van der Waals surface area contributed by atoms with Crippen LogP contribution in [0.1, 0.15) is 33.1 Å². The van der Waals surface area contributed by atoms with Gasteiger partial charge in [0, 0.05) is 13.0 Å². The first kappa shape index (κ1) is 15.7. The fraction of sp³-hybridized carbons (Fsp3) is 0.231. The molecule has 0 N–H and O–H groups in total. The van der Waals surface area contributed by atoms with E-state index in [0.717, 1.165) is 11.3 Å². The quantitative estimate of drug-likeness (QED) is 0.275. The lowest BCUT2D eigenvalue weighted by molar-refractivity contribution is -0.608. The minimum Gasteiger partial charge on any atom is -0.617 e. The van der Waals surface area contributed by atoms with Crippen LogP contribution in [0, 0.1) is 22.2 Å². The molecule has 2 aromatic rings. The molecule has 0 aliphatic rings. The molecule has 0 unspecified atom stereocenters. The van der Waals surface area contributed by atoms with E-state index in [1.165, 1.54) is 31.2 Å². The second kappa shape index (κ2) is 6.39. The van der Waals surface area contributed by atoms with Crippen molar-refractivity contribution < 1.29 is 23.6 Å². The van der Waals surface area contributed by atoms with Gasteiger partial charge in [0.1, 0.15) is 10.7 Å². The van der Waals surface area contributed by atoms with E-state index in [2.05, 4.69) is 0 Å². The first-order chi connectivity index (χ1) is 10.4. The van der Waals surface area contributed by atoms with E-state index in [9.17, 15) is 20.1 Å². The van der Waals surface area contributed by atoms with Crippen LogP contribution in [0.25, 0.3) is 12.2 Å². The summed E-state index contributed by atoms with van der Waals surface area (Å²) in [5.41, 5.74) is 0.244. The predicted octanol–water partition coefficient (Wildman–Crippen LogP) is 2.54. The molecule has 0 bridgehead atoms. The maximum absolute atomic E-state index is 12.0. The third kappa shape index (κ3) is 3.14. The summed E-state index contributed by atoms with van der Waals surface area (Å²) < 4.78 is 10.4. The summed E-state index contributed by atoms with van der Waals surface area (Å²) in [5.74, 6) is -0.706. The molecule has 2 aromatic heterocycles. The highest BCUT2D eigenvalue weighted by atomic mass is 32.1. The van der Waals surface area contributed by atoms with Crippen LogP contribution in [-0.4, -0.2) is 17.5 Å². The van der Waals surface area contributed by atoms with Crippen molar-refractivity contribution in [1.29, 1.82) is 0 Å². The van der Waals surface area contributed by atoms with Crippen LogP contribution in [0.2, 0.25) is 0 Å². The summed E-state index contributed by atoms with van der Waals surface area (Å²) >= 11 is 0.980. The molecule has 0 aliphatic heterocycles. The normalized spacial score (nSPS) is 11.0. The van der Waals surface area contributed by atoms with E-state index >= 15 is 0 Å². The number of furan rings is 1. The van der Waals surface area contributed by atoms with Gasteiger partial charge >= 0.3 is 11.9 Å². The van der Waals surface area contributed by atoms with Crippen LogP contribution in [-0.2, 0) is 4.74 Å². The maximum atomic E-state index is 12.0. The Labute approximate surface area is 129 Å². The number of esters is 1. The van der Waals surface area contributed by atoms with Gasteiger partial charge in [0.2, 0.25) is 5.69 Å². The Morgan fingerprint density at radius 3 is 2.82 bits per heavy atom. The summed E-state index contributed by atoms with van der Waals surface area (Å²) in [6, 6.07) is 2.63. The second-order valence-electron chi connectivity index (χ2n) is 4.14. The van der Waals surface area contributed by atoms with E-state index in [1.54, 1.807) is 6.92 Å². The summed E-state index contributed by atoms with van der Waals surface area (Å²) in [4.78, 5) is 21.8. The zero-order valence-corrected chi connectivity index (χ0v) is 12.6. The number of thiazole rings is 1. The van der Waals surface area contributed by atoms with Crippen LogP contribution >= 0.6 is 11.3 Å². The molecule has 116 valence electrons. The maximum Gasteiger partial charge on any atom is 0.433 e. The largest absolute Gasteiger partial charge is 0.617 e. The molecule has 0 aromatic carbocycles. The average molecular weight is 324 g/mol. The number of nitro groups is 1. The predicted molar refractivity (Wildman–Crippen MR) is 78.3 cm³/mol. The Kier molecular flexibility index (Phi) is 4.56. The highest BCUT2D eigenvalue weighted by molar-refractivity contribution is 7.14. The zero-order valence-electron chi connectivity index (χ0n) is 11.8. The first-order valence-corrected chi connectivity index (χ1v) is 7.08. The molecule has 2 rings (SSSR count). The Bertz CT molecular complexity index is 746. The van der Waals surface area contributed by atoms with Crippen molar-refractivity contribution in [3.05, 3.63) is 48.8 Å². The van der Waals surface area contributed by atoms with Crippen LogP contribution < -0.4 is 4.73 Å². The molecule has 0 atom stereocenters. The van der Waals surface area contributed by atoms with Crippen LogP contribution in [0.5, 0.6) is 0 Å². The Balaban J connectivity index is 2.25. The Morgan fingerprint density at radius 2 is 2.23 bits per heavy atom. The molecule has 9 heteroatoms. The molecular formula is C13H12N2O6S. The highest BCUT2D eigenvalue weighted by Crippen LogP contribution is 2.21. The average Bonchev–Trinajstić information content (AvgIpc) is 3.05. The van der Waals surface area contributed by atoms with Crippen LogP contribution in [0.15, 0.2) is 16.5 Å². The van der Waals surface area contributed by atoms with Gasteiger partial charge in [0.15, 0.2) is 4.88 Å². The van der Waals surface area contributed by atoms with Gasteiger partial charge in [-0.2, -0.15) is 4.73 Å². The fourth-order valence-electron chi connectivity index (χ4n) is 1.65. The van der Waals surface area contributed by atoms with E-state index < -0.39 is 10.9 Å². The molecule has 0 fully saturated rings. The number of hydrogen-bond donors (Lipinski definition) is 0. The summed E-state index contributed by atoms with van der Waals surface area (Å²) in [6.45, 7) is 3.41. The van der Waals surface area contributed by atoms with E-state index in [-0.39, 0.29) is 33.8 Å². The molecular weight excluding hydrogens is 312 g/mol. The number of carbonyl (C=O) groups is 1. The van der Waals surface area contributed by atoms with Crippen molar-refractivity contribution in [2.75, 3.05) is 6.61 Å². The van der Waals surface area contributed by atoms with Gasteiger partial charge in [0.05, 0.1) is 12.7 Å². The number of aromatic nitrogens is 1. The molecule has 2 heterocycles. The third-order valence-electron chi connectivity index (χ3n) is 2.68. The molecule has 0 saturated carbocycles. The van der Waals surface area contributed by atoms with E-state index in [1.807, 2.05) is 0 Å². The van der Waals surface area contributed by atoms with Gasteiger partial charge in [-0.1, -0.05) is 11.3 Å². The van der Waals surface area contributed by atoms with Gasteiger partial charge in [0.25, 0.3) is 5.01 Å². The minimum absolute atomic E-state index is 0.219. The van der Waals surface area contributed by atoms with Gasteiger partial charge in [-0.25, -0.2) is 4.79 Å². The Hall–Kier alpha value is -2.68. The number of nitrogens with zero attached hydrogens (tertiary/aromatic N) is 2. The smallest absolute Gasteiger partial charge is 0.433 e. The number of hydrogen-bond acceptors (Lipinski definition) is 7. The zero-order chi connectivity index (χ0) is 16.3. The third-order valence-corrected chi connectivity index (χ3v) is 3.86. The number of rotatable bonds is 5. The molecule has 0 radical (unpaired) electrons. The van der Waals surface area contributed by atoms with Gasteiger partial charge in [-0.15, -0.1) is 0 Å². The summed E-state index contributed by atoms with van der Waals surface area (Å²) in [7, 11) is 0. The second-order valence-corrected chi connectivity index (χ2v) is 5.17. The van der Waals surface area contributed by atoms with Gasteiger partial charge < -0.3 is 14.4 Å². The molecule has 0 spiro atoms. The molecule has 8 nitrogen and oxygen atoms in total. The lowest BCUT2D eigenvalue weighted by Crippen LogP contribution is -2.30. The standard InChI is InChI=1S/C13H12N2O6S/c1-3-20-13(16)12-8(2)14(17)11(22-12)7-5-9-4-6-10(21-9)15(18)19/h4-7H,3H2,1-2H3/b7-5+. The van der Waals surface area contributed by atoms with E-state index in [0.29, 0.717) is 4.73 Å². The lowest BCUT2D eigenvalue weighted by atomic mass is 10.4. The molecule has 0 amide bonds. The van der Waals surface area contributed by atoms with Crippen LogP contribution in [0.4, 0.5) is 5.88 Å². The monoisotopic (exact) mass is 324 g/mol. The lowest BCUT2D eigenvalue weighted by Gasteiger charge is -1.97. The van der Waals surface area contributed by atoms with Gasteiger partial charge in [-0.05, 0) is 19.1 Å².